The van der Waals surface area contributed by atoms with Gasteiger partial charge >= 0.3 is 5.97 Å². The van der Waals surface area contributed by atoms with Crippen molar-refractivity contribution >= 4 is 40.2 Å². The second-order valence-corrected chi connectivity index (χ2v) is 7.78. The molecule has 8 nitrogen and oxygen atoms in total. The number of carboxylic acid groups (broad SMARTS) is 1. The summed E-state index contributed by atoms with van der Waals surface area (Å²) in [6, 6.07) is 10.3. The lowest BCUT2D eigenvalue weighted by atomic mass is 10.1. The summed E-state index contributed by atoms with van der Waals surface area (Å²) in [4.78, 5) is 43.4. The van der Waals surface area contributed by atoms with Gasteiger partial charge in [-0.3, -0.25) is 14.2 Å². The lowest BCUT2D eigenvalue weighted by molar-refractivity contribution is -0.110. The Morgan fingerprint density at radius 3 is 2.83 bits per heavy atom. The molecule has 2 aromatic carbocycles. The molecule has 0 fully saturated rings. The van der Waals surface area contributed by atoms with E-state index in [1.165, 1.54) is 34.9 Å². The molecule has 0 aliphatic carbocycles. The molecular weight excluding hydrogens is 411 g/mol. The van der Waals surface area contributed by atoms with Crippen molar-refractivity contribution in [2.24, 2.45) is 4.99 Å². The van der Waals surface area contributed by atoms with Crippen LogP contribution in [0.5, 0.6) is 0 Å². The van der Waals surface area contributed by atoms with E-state index in [-0.39, 0.29) is 29.0 Å². The van der Waals surface area contributed by atoms with Gasteiger partial charge in [-0.15, -0.1) is 0 Å². The van der Waals surface area contributed by atoms with Crippen LogP contribution < -0.4 is 25.1 Å². The summed E-state index contributed by atoms with van der Waals surface area (Å²) in [6.07, 6.45) is 0. The van der Waals surface area contributed by atoms with Gasteiger partial charge in [-0.1, -0.05) is 17.4 Å². The van der Waals surface area contributed by atoms with E-state index in [0.717, 1.165) is 11.3 Å². The standard InChI is InChI=1S/C20H13FN4O4S/c21-11-4-5-14-13(7-11)15(17(26)23-14)16-18(27)25-9-24(8-22-20(25)30-16)12-3-1-2-10(6-12)19(28)29/h1-7H,8-9H2,(H,23,26)(H,28,29). The number of carbonyl (C=O) groups excluding carboxylic acids is 1. The van der Waals surface area contributed by atoms with E-state index >= 15 is 0 Å². The minimum Gasteiger partial charge on any atom is -0.478 e. The van der Waals surface area contributed by atoms with Crippen molar-refractivity contribution < 1.29 is 19.1 Å². The molecule has 5 rings (SSSR count). The molecule has 0 bridgehead atoms. The van der Waals surface area contributed by atoms with Crippen LogP contribution in [0.25, 0.3) is 5.57 Å². The number of nitrogens with one attached hydrogen (secondary N) is 1. The van der Waals surface area contributed by atoms with Crippen LogP contribution >= 0.6 is 11.3 Å². The molecule has 10 heteroatoms. The number of carbonyl (C=O) groups is 2. The van der Waals surface area contributed by atoms with Crippen LogP contribution in [-0.2, 0) is 11.5 Å². The van der Waals surface area contributed by atoms with Crippen LogP contribution in [0.15, 0.2) is 52.3 Å². The monoisotopic (exact) mass is 424 g/mol. The predicted molar refractivity (Wildman–Crippen MR) is 108 cm³/mol. The first-order valence-electron chi connectivity index (χ1n) is 8.90. The van der Waals surface area contributed by atoms with Crippen LogP contribution in [0, 0.1) is 5.82 Å². The van der Waals surface area contributed by atoms with E-state index in [4.69, 9.17) is 0 Å². The van der Waals surface area contributed by atoms with Crippen molar-refractivity contribution in [3.05, 3.63) is 79.1 Å². The molecule has 0 radical (unpaired) electrons. The molecule has 2 aliphatic heterocycles. The summed E-state index contributed by atoms with van der Waals surface area (Å²) in [7, 11) is 0. The third-order valence-corrected chi connectivity index (χ3v) is 6.08. The Balaban J connectivity index is 1.62. The Hall–Kier alpha value is -3.79. The minimum atomic E-state index is -1.05. The van der Waals surface area contributed by atoms with Crippen molar-refractivity contribution in [2.75, 3.05) is 16.9 Å². The Bertz CT molecular complexity index is 1430. The summed E-state index contributed by atoms with van der Waals surface area (Å²) in [5.41, 5.74) is 1.28. The molecule has 150 valence electrons. The number of hydrogen-bond donors (Lipinski definition) is 2. The molecule has 0 spiro atoms. The Morgan fingerprint density at radius 1 is 1.20 bits per heavy atom. The number of benzene rings is 2. The van der Waals surface area contributed by atoms with E-state index in [1.807, 2.05) is 0 Å². The Kier molecular flexibility index (Phi) is 4.03. The molecular formula is C20H13FN4O4S. The van der Waals surface area contributed by atoms with Gasteiger partial charge in [-0.05, 0) is 36.4 Å². The summed E-state index contributed by atoms with van der Waals surface area (Å²) in [5, 5.41) is 11.8. The van der Waals surface area contributed by atoms with Crippen molar-refractivity contribution in [3.8, 4) is 0 Å². The quantitative estimate of drug-likeness (QED) is 0.638. The summed E-state index contributed by atoms with van der Waals surface area (Å²) < 4.78 is 15.4. The maximum atomic E-state index is 13.7. The molecule has 3 heterocycles. The zero-order valence-corrected chi connectivity index (χ0v) is 16.1. The van der Waals surface area contributed by atoms with E-state index in [2.05, 4.69) is 10.3 Å². The highest BCUT2D eigenvalue weighted by Crippen LogP contribution is 2.30. The van der Waals surface area contributed by atoms with Gasteiger partial charge in [0, 0.05) is 16.9 Å². The molecule has 30 heavy (non-hydrogen) atoms. The SMILES string of the molecule is O=C1Nc2ccc(F)cc2C1=c1sc2n(c1=O)CN(c1cccc(C(=O)O)c1)CN=2. The first-order valence-corrected chi connectivity index (χ1v) is 9.72. The number of aromatic nitrogens is 1. The number of hydrogen-bond acceptors (Lipinski definition) is 6. The molecule has 0 saturated heterocycles. The molecule has 0 saturated carbocycles. The number of rotatable bonds is 2. The lowest BCUT2D eigenvalue weighted by Crippen LogP contribution is -2.43. The van der Waals surface area contributed by atoms with Crippen molar-refractivity contribution in [2.45, 2.75) is 6.67 Å². The average molecular weight is 424 g/mol. The number of nitrogens with zero attached hydrogens (tertiary/aromatic N) is 3. The third kappa shape index (κ3) is 2.80. The molecule has 2 N–H and O–H groups in total. The molecule has 2 aliphatic rings. The maximum Gasteiger partial charge on any atom is 0.335 e. The number of fused-ring (bicyclic) bond motifs is 2. The summed E-state index contributed by atoms with van der Waals surface area (Å²) in [5.74, 6) is -2.01. The number of thiazole rings is 1. The fourth-order valence-corrected chi connectivity index (χ4v) is 4.58. The van der Waals surface area contributed by atoms with Gasteiger partial charge in [0.2, 0.25) is 0 Å². The zero-order valence-electron chi connectivity index (χ0n) is 15.3. The van der Waals surface area contributed by atoms with Gasteiger partial charge in [0.05, 0.1) is 11.1 Å². The van der Waals surface area contributed by atoms with Gasteiger partial charge in [0.1, 0.15) is 23.7 Å². The van der Waals surface area contributed by atoms with Gasteiger partial charge in [0.15, 0.2) is 4.80 Å². The minimum absolute atomic E-state index is 0.133. The first kappa shape index (κ1) is 18.3. The van der Waals surface area contributed by atoms with Gasteiger partial charge in [-0.2, -0.15) is 0 Å². The second-order valence-electron chi connectivity index (χ2n) is 6.80. The van der Waals surface area contributed by atoms with Crippen LogP contribution in [0.4, 0.5) is 15.8 Å². The highest BCUT2D eigenvalue weighted by atomic mass is 32.1. The lowest BCUT2D eigenvalue weighted by Gasteiger charge is -2.25. The Labute approximate surface area is 171 Å². The van der Waals surface area contributed by atoms with Crippen LogP contribution in [0.1, 0.15) is 15.9 Å². The van der Waals surface area contributed by atoms with Gasteiger partial charge < -0.3 is 15.3 Å². The number of anilines is 2. The van der Waals surface area contributed by atoms with E-state index < -0.39 is 23.3 Å². The van der Waals surface area contributed by atoms with Crippen molar-refractivity contribution in [1.82, 2.24) is 4.57 Å². The van der Waals surface area contributed by atoms with Crippen molar-refractivity contribution in [3.63, 3.8) is 0 Å². The second kappa shape index (κ2) is 6.63. The summed E-state index contributed by atoms with van der Waals surface area (Å²) >= 11 is 1.08. The summed E-state index contributed by atoms with van der Waals surface area (Å²) in [6.45, 7) is 0.386. The normalized spacial score (nSPS) is 16.6. The molecule has 1 aromatic heterocycles. The largest absolute Gasteiger partial charge is 0.478 e. The molecule has 3 aromatic rings. The number of aromatic carboxylic acids is 1. The fraction of sp³-hybridized carbons (Fsp3) is 0.100. The molecule has 1 amide bonds. The first-order chi connectivity index (χ1) is 14.4. The maximum absolute atomic E-state index is 13.7. The van der Waals surface area contributed by atoms with E-state index in [0.29, 0.717) is 21.7 Å². The van der Waals surface area contributed by atoms with Crippen LogP contribution in [0.3, 0.4) is 0 Å². The van der Waals surface area contributed by atoms with Crippen molar-refractivity contribution in [1.29, 1.82) is 0 Å². The smallest absolute Gasteiger partial charge is 0.335 e. The number of halogens is 1. The number of carboxylic acids is 1. The zero-order chi connectivity index (χ0) is 21.0. The molecule has 0 unspecified atom stereocenters. The highest BCUT2D eigenvalue weighted by molar-refractivity contribution is 7.07. The Morgan fingerprint density at radius 2 is 2.03 bits per heavy atom. The van der Waals surface area contributed by atoms with Gasteiger partial charge in [-0.25, -0.2) is 14.2 Å². The van der Waals surface area contributed by atoms with Gasteiger partial charge in [0.25, 0.3) is 11.5 Å². The van der Waals surface area contributed by atoms with Crippen LogP contribution in [0.2, 0.25) is 0 Å². The van der Waals surface area contributed by atoms with Crippen LogP contribution in [-0.4, -0.2) is 28.2 Å². The fourth-order valence-electron chi connectivity index (χ4n) is 3.52. The third-order valence-electron chi connectivity index (χ3n) is 4.96. The highest BCUT2D eigenvalue weighted by Gasteiger charge is 2.28. The number of amides is 1. The molecule has 0 atom stereocenters. The van der Waals surface area contributed by atoms with E-state index in [1.54, 1.807) is 17.0 Å². The predicted octanol–water partition coefficient (Wildman–Crippen LogP) is 0.953. The average Bonchev–Trinajstić information content (AvgIpc) is 3.23. The topological polar surface area (TPSA) is 104 Å². The van der Waals surface area contributed by atoms with E-state index in [9.17, 15) is 23.9 Å².